The number of hydrogen-bond donors (Lipinski definition) is 1. The molecule has 3 aromatic rings. The van der Waals surface area contributed by atoms with E-state index in [2.05, 4.69) is 23.1 Å². The number of carbonyl (C=O) groups is 1. The highest BCUT2D eigenvalue weighted by Crippen LogP contribution is 2.43. The Kier molecular flexibility index (Phi) is 7.20. The number of fused-ring (bicyclic) bond motifs is 1. The molecule has 4 nitrogen and oxygen atoms in total. The molecule has 2 aliphatic heterocycles. The number of benzene rings is 3. The van der Waals surface area contributed by atoms with Gasteiger partial charge in [0.05, 0.1) is 6.61 Å². The molecule has 0 unspecified atom stereocenters. The summed E-state index contributed by atoms with van der Waals surface area (Å²) >= 11 is 0. The minimum Gasteiger partial charge on any atom is -0.493 e. The zero-order valence-corrected chi connectivity index (χ0v) is 20.5. The van der Waals surface area contributed by atoms with Crippen LogP contribution >= 0.6 is 17.0 Å². The Morgan fingerprint density at radius 1 is 1.00 bits per heavy atom. The van der Waals surface area contributed by atoms with Gasteiger partial charge < -0.3 is 15.4 Å². The first-order chi connectivity index (χ1) is 15.7. The fourth-order valence-electron chi connectivity index (χ4n) is 5.60. The second-order valence-electron chi connectivity index (χ2n) is 8.98. The predicted octanol–water partition coefficient (Wildman–Crippen LogP) is 4.54. The third kappa shape index (κ3) is 4.44. The number of nitrogens with two attached hydrogens (primary N) is 1. The van der Waals surface area contributed by atoms with E-state index in [0.29, 0.717) is 0 Å². The van der Waals surface area contributed by atoms with Crippen LogP contribution in [-0.4, -0.2) is 37.0 Å². The number of hydrogen-bond acceptors (Lipinski definition) is 3. The van der Waals surface area contributed by atoms with Crippen LogP contribution in [0.2, 0.25) is 0 Å². The Morgan fingerprint density at radius 3 is 2.30 bits per heavy atom. The van der Waals surface area contributed by atoms with Crippen LogP contribution in [0, 0.1) is 5.92 Å². The molecule has 0 aliphatic carbocycles. The van der Waals surface area contributed by atoms with Crippen LogP contribution in [0.15, 0.2) is 78.9 Å². The van der Waals surface area contributed by atoms with Crippen LogP contribution < -0.4 is 10.5 Å². The van der Waals surface area contributed by atoms with E-state index in [1.807, 2.05) is 60.7 Å². The van der Waals surface area contributed by atoms with Crippen LogP contribution in [0.4, 0.5) is 0 Å². The largest absolute Gasteiger partial charge is 0.493 e. The monoisotopic (exact) mass is 506 g/mol. The first kappa shape index (κ1) is 23.5. The van der Waals surface area contributed by atoms with Crippen molar-refractivity contribution in [3.05, 3.63) is 101 Å². The van der Waals surface area contributed by atoms with E-state index in [1.54, 1.807) is 0 Å². The zero-order chi connectivity index (χ0) is 22.0. The third-order valence-corrected chi connectivity index (χ3v) is 7.20. The van der Waals surface area contributed by atoms with E-state index in [0.717, 1.165) is 62.4 Å². The quantitative estimate of drug-likeness (QED) is 0.511. The summed E-state index contributed by atoms with van der Waals surface area (Å²) < 4.78 is 5.64. The molecule has 3 aromatic carbocycles. The SMILES string of the molecule is Br.NC(=O)C(c1ccccc1)(c1ccccc1)[C@H]1CCN(CCc2ccc3c(c2)CCO3)C1. The van der Waals surface area contributed by atoms with Gasteiger partial charge in [-0.1, -0.05) is 72.8 Å². The summed E-state index contributed by atoms with van der Waals surface area (Å²) in [5, 5.41) is 0. The molecule has 0 radical (unpaired) electrons. The summed E-state index contributed by atoms with van der Waals surface area (Å²) in [7, 11) is 0. The minimum absolute atomic E-state index is 0. The molecule has 0 spiro atoms. The molecular weight excluding hydrogens is 476 g/mol. The van der Waals surface area contributed by atoms with Crippen molar-refractivity contribution in [1.82, 2.24) is 4.90 Å². The van der Waals surface area contributed by atoms with E-state index in [1.165, 1.54) is 11.1 Å². The lowest BCUT2D eigenvalue weighted by molar-refractivity contribution is -0.123. The molecule has 1 atom stereocenters. The van der Waals surface area contributed by atoms with Gasteiger partial charge in [-0.2, -0.15) is 0 Å². The van der Waals surface area contributed by atoms with Crippen LogP contribution in [0.25, 0.3) is 0 Å². The Bertz CT molecular complexity index is 1050. The molecule has 172 valence electrons. The van der Waals surface area contributed by atoms with Crippen LogP contribution in [0.1, 0.15) is 28.7 Å². The number of rotatable bonds is 7. The van der Waals surface area contributed by atoms with Gasteiger partial charge >= 0.3 is 0 Å². The van der Waals surface area contributed by atoms with Gasteiger partial charge in [0.25, 0.3) is 0 Å². The number of halogens is 1. The Hall–Kier alpha value is -2.63. The first-order valence-electron chi connectivity index (χ1n) is 11.6. The summed E-state index contributed by atoms with van der Waals surface area (Å²) in [6.07, 6.45) is 2.95. The molecule has 5 heteroatoms. The van der Waals surface area contributed by atoms with E-state index in [9.17, 15) is 4.79 Å². The average Bonchev–Trinajstić information content (AvgIpc) is 3.49. The predicted molar refractivity (Wildman–Crippen MR) is 137 cm³/mol. The number of nitrogens with zero attached hydrogens (tertiary/aromatic N) is 1. The van der Waals surface area contributed by atoms with E-state index >= 15 is 0 Å². The Morgan fingerprint density at radius 2 is 1.67 bits per heavy atom. The molecule has 33 heavy (non-hydrogen) atoms. The zero-order valence-electron chi connectivity index (χ0n) is 18.8. The maximum atomic E-state index is 13.2. The van der Waals surface area contributed by atoms with E-state index in [-0.39, 0.29) is 28.8 Å². The van der Waals surface area contributed by atoms with Crippen molar-refractivity contribution in [2.45, 2.75) is 24.7 Å². The standard InChI is InChI=1S/C28H30N2O2.BrH/c29-27(31)28(23-7-3-1-4-8-23,24-9-5-2-6-10-24)25-14-17-30(20-25)16-13-21-11-12-26-22(19-21)15-18-32-26;/h1-12,19,25H,13-18,20H2,(H2,29,31);1H/t25-;/m0./s1. The van der Waals surface area contributed by atoms with Gasteiger partial charge in [-0.05, 0) is 53.6 Å². The van der Waals surface area contributed by atoms with Crippen molar-refractivity contribution in [2.75, 3.05) is 26.2 Å². The maximum Gasteiger partial charge on any atom is 0.232 e. The molecule has 2 N–H and O–H groups in total. The molecule has 5 rings (SSSR count). The average molecular weight is 507 g/mol. The number of amides is 1. The summed E-state index contributed by atoms with van der Waals surface area (Å²) in [4.78, 5) is 15.7. The molecule has 1 amide bonds. The second-order valence-corrected chi connectivity index (χ2v) is 8.98. The number of ether oxygens (including phenoxy) is 1. The van der Waals surface area contributed by atoms with Crippen LogP contribution in [-0.2, 0) is 23.1 Å². The molecule has 1 saturated heterocycles. The summed E-state index contributed by atoms with van der Waals surface area (Å²) in [6, 6.07) is 26.7. The lowest BCUT2D eigenvalue weighted by Crippen LogP contribution is -2.49. The van der Waals surface area contributed by atoms with Crippen molar-refractivity contribution in [1.29, 1.82) is 0 Å². The van der Waals surface area contributed by atoms with Crippen molar-refractivity contribution in [2.24, 2.45) is 11.7 Å². The summed E-state index contributed by atoms with van der Waals surface area (Å²) in [5.74, 6) is 0.908. The highest BCUT2D eigenvalue weighted by atomic mass is 79.9. The van der Waals surface area contributed by atoms with E-state index < -0.39 is 5.41 Å². The normalized spacial score (nSPS) is 17.8. The fraction of sp³-hybridized carbons (Fsp3) is 0.321. The number of carbonyl (C=O) groups excluding carboxylic acids is 1. The van der Waals surface area contributed by atoms with Gasteiger partial charge in [0.2, 0.25) is 5.91 Å². The topological polar surface area (TPSA) is 55.6 Å². The van der Waals surface area contributed by atoms with Crippen molar-refractivity contribution in [3.63, 3.8) is 0 Å². The first-order valence-corrected chi connectivity index (χ1v) is 11.6. The number of likely N-dealkylation sites (tertiary alicyclic amines) is 1. The van der Waals surface area contributed by atoms with E-state index in [4.69, 9.17) is 10.5 Å². The van der Waals surface area contributed by atoms with Crippen LogP contribution in [0.3, 0.4) is 0 Å². The smallest absolute Gasteiger partial charge is 0.232 e. The Balaban J connectivity index is 0.00000259. The van der Waals surface area contributed by atoms with Gasteiger partial charge in [0.1, 0.15) is 11.2 Å². The van der Waals surface area contributed by atoms with Gasteiger partial charge in [-0.3, -0.25) is 4.79 Å². The molecular formula is C28H31BrN2O2. The van der Waals surface area contributed by atoms with Gasteiger partial charge in [0, 0.05) is 19.5 Å². The molecule has 1 fully saturated rings. The van der Waals surface area contributed by atoms with Gasteiger partial charge in [0.15, 0.2) is 0 Å². The summed E-state index contributed by atoms with van der Waals surface area (Å²) in [6.45, 7) is 3.61. The highest BCUT2D eigenvalue weighted by Gasteiger charge is 2.49. The fourth-order valence-corrected chi connectivity index (χ4v) is 5.60. The maximum absolute atomic E-state index is 13.2. The second kappa shape index (κ2) is 10.1. The molecule has 2 heterocycles. The van der Waals surface area contributed by atoms with Crippen molar-refractivity contribution in [3.8, 4) is 5.75 Å². The lowest BCUT2D eigenvalue weighted by Gasteiger charge is -2.37. The molecule has 2 aliphatic rings. The lowest BCUT2D eigenvalue weighted by atomic mass is 9.64. The number of primary amides is 1. The molecule has 0 aromatic heterocycles. The van der Waals surface area contributed by atoms with Crippen molar-refractivity contribution >= 4 is 22.9 Å². The highest BCUT2D eigenvalue weighted by molar-refractivity contribution is 8.93. The molecule has 0 bridgehead atoms. The van der Waals surface area contributed by atoms with Gasteiger partial charge in [-0.25, -0.2) is 0 Å². The van der Waals surface area contributed by atoms with Gasteiger partial charge in [-0.15, -0.1) is 17.0 Å². The Labute approximate surface area is 206 Å². The molecule has 0 saturated carbocycles. The summed E-state index contributed by atoms with van der Waals surface area (Å²) in [5.41, 5.74) is 10.0. The van der Waals surface area contributed by atoms with Crippen molar-refractivity contribution < 1.29 is 9.53 Å². The van der Waals surface area contributed by atoms with Crippen LogP contribution in [0.5, 0.6) is 5.75 Å². The minimum atomic E-state index is -0.817. The third-order valence-electron chi connectivity index (χ3n) is 7.20.